The van der Waals surface area contributed by atoms with Crippen LogP contribution in [0.15, 0.2) is 48.5 Å². The summed E-state index contributed by atoms with van der Waals surface area (Å²) in [6.07, 6.45) is 1.75. The second kappa shape index (κ2) is 8.03. The van der Waals surface area contributed by atoms with E-state index in [4.69, 9.17) is 11.6 Å². The molecule has 3 N–H and O–H groups in total. The fourth-order valence-corrected chi connectivity index (χ4v) is 2.80. The van der Waals surface area contributed by atoms with Gasteiger partial charge in [-0.3, -0.25) is 4.72 Å². The van der Waals surface area contributed by atoms with Crippen molar-refractivity contribution in [3.8, 4) is 0 Å². The van der Waals surface area contributed by atoms with Crippen molar-refractivity contribution < 1.29 is 13.2 Å². The third-order valence-electron chi connectivity index (χ3n) is 3.03. The van der Waals surface area contributed by atoms with Crippen LogP contribution >= 0.6 is 11.6 Å². The molecule has 0 saturated heterocycles. The third kappa shape index (κ3) is 6.47. The summed E-state index contributed by atoms with van der Waals surface area (Å²) >= 11 is 5.90. The molecule has 128 valence electrons. The molecule has 0 atom stereocenters. The number of hydrogen-bond acceptors (Lipinski definition) is 3. The highest BCUT2D eigenvalue weighted by Crippen LogP contribution is 2.14. The van der Waals surface area contributed by atoms with Gasteiger partial charge in [0.15, 0.2) is 0 Å². The minimum atomic E-state index is -3.31. The zero-order valence-electron chi connectivity index (χ0n) is 13.0. The topological polar surface area (TPSA) is 87.3 Å². The number of sulfonamides is 1. The lowest BCUT2D eigenvalue weighted by molar-refractivity contribution is 0.252. The number of benzene rings is 2. The van der Waals surface area contributed by atoms with Gasteiger partial charge in [0.1, 0.15) is 0 Å². The Kier molecular flexibility index (Phi) is 6.05. The van der Waals surface area contributed by atoms with Gasteiger partial charge in [-0.25, -0.2) is 13.2 Å². The molecule has 0 radical (unpaired) electrons. The van der Waals surface area contributed by atoms with Gasteiger partial charge < -0.3 is 10.6 Å². The average molecular weight is 368 g/mol. The van der Waals surface area contributed by atoms with E-state index >= 15 is 0 Å². The molecule has 2 aromatic rings. The largest absolute Gasteiger partial charge is 0.338 e. The van der Waals surface area contributed by atoms with Crippen molar-refractivity contribution in [2.75, 3.05) is 22.8 Å². The van der Waals surface area contributed by atoms with Crippen molar-refractivity contribution in [1.82, 2.24) is 5.32 Å². The molecule has 8 heteroatoms. The van der Waals surface area contributed by atoms with E-state index in [1.54, 1.807) is 30.3 Å². The number of urea groups is 1. The van der Waals surface area contributed by atoms with Crippen LogP contribution < -0.4 is 15.4 Å². The van der Waals surface area contributed by atoms with E-state index in [9.17, 15) is 13.2 Å². The Hall–Kier alpha value is -2.25. The molecule has 0 unspecified atom stereocenters. The van der Waals surface area contributed by atoms with Crippen LogP contribution in [0.1, 0.15) is 5.56 Å². The molecule has 6 nitrogen and oxygen atoms in total. The van der Waals surface area contributed by atoms with Crippen molar-refractivity contribution in [3.05, 3.63) is 59.1 Å². The highest BCUT2D eigenvalue weighted by atomic mass is 35.5. The minimum Gasteiger partial charge on any atom is -0.338 e. The molecule has 24 heavy (non-hydrogen) atoms. The van der Waals surface area contributed by atoms with Crippen LogP contribution in [-0.4, -0.2) is 27.2 Å². The minimum absolute atomic E-state index is 0.333. The summed E-state index contributed by atoms with van der Waals surface area (Å²) in [5, 5.41) is 6.09. The molecule has 2 amide bonds. The first-order valence-corrected chi connectivity index (χ1v) is 9.46. The van der Waals surface area contributed by atoms with E-state index in [0.717, 1.165) is 11.8 Å². The Morgan fingerprint density at radius 3 is 2.38 bits per heavy atom. The fourth-order valence-electron chi connectivity index (χ4n) is 2.02. The smallest absolute Gasteiger partial charge is 0.319 e. The van der Waals surface area contributed by atoms with Gasteiger partial charge in [-0.15, -0.1) is 0 Å². The number of rotatable bonds is 6. The van der Waals surface area contributed by atoms with Crippen LogP contribution in [0, 0.1) is 0 Å². The number of nitrogens with one attached hydrogen (secondary N) is 3. The number of carbonyl (C=O) groups is 1. The number of anilines is 2. The van der Waals surface area contributed by atoms with Gasteiger partial charge in [0.05, 0.1) is 6.26 Å². The van der Waals surface area contributed by atoms with Crippen molar-refractivity contribution in [3.63, 3.8) is 0 Å². The lowest BCUT2D eigenvalue weighted by Gasteiger charge is -2.09. The van der Waals surface area contributed by atoms with Crippen molar-refractivity contribution >= 4 is 39.0 Å². The Morgan fingerprint density at radius 2 is 1.75 bits per heavy atom. The first-order chi connectivity index (χ1) is 11.3. The Morgan fingerprint density at radius 1 is 1.08 bits per heavy atom. The van der Waals surface area contributed by atoms with Crippen molar-refractivity contribution in [1.29, 1.82) is 0 Å². The summed E-state index contributed by atoms with van der Waals surface area (Å²) in [7, 11) is -3.31. The van der Waals surface area contributed by atoms with Gasteiger partial charge in [0.25, 0.3) is 0 Å². The van der Waals surface area contributed by atoms with Crippen LogP contribution in [0.2, 0.25) is 5.02 Å². The highest BCUT2D eigenvalue weighted by molar-refractivity contribution is 7.92. The predicted octanol–water partition coefficient (Wildman–Crippen LogP) is 3.08. The zero-order chi connectivity index (χ0) is 17.6. The van der Waals surface area contributed by atoms with E-state index in [0.29, 0.717) is 29.4 Å². The van der Waals surface area contributed by atoms with Crippen LogP contribution in [0.3, 0.4) is 0 Å². The lowest BCUT2D eigenvalue weighted by atomic mass is 10.1. The molecule has 0 spiro atoms. The summed E-state index contributed by atoms with van der Waals surface area (Å²) < 4.78 is 24.6. The molecular weight excluding hydrogens is 350 g/mol. The number of amides is 2. The van der Waals surface area contributed by atoms with Gasteiger partial charge in [0.2, 0.25) is 10.0 Å². The summed E-state index contributed by atoms with van der Waals surface area (Å²) in [5.41, 5.74) is 2.04. The first kappa shape index (κ1) is 18.1. The maximum absolute atomic E-state index is 11.8. The average Bonchev–Trinajstić information content (AvgIpc) is 2.48. The molecule has 0 aliphatic carbocycles. The molecule has 2 rings (SSSR count). The number of hydrogen-bond donors (Lipinski definition) is 3. The molecule has 0 aliphatic rings. The van der Waals surface area contributed by atoms with E-state index in [1.165, 1.54) is 0 Å². The second-order valence-corrected chi connectivity index (χ2v) is 7.40. The monoisotopic (exact) mass is 367 g/mol. The molecule has 0 heterocycles. The summed E-state index contributed by atoms with van der Waals surface area (Å²) in [6, 6.07) is 13.5. The molecule has 0 saturated carbocycles. The summed E-state index contributed by atoms with van der Waals surface area (Å²) in [4.78, 5) is 11.8. The number of carbonyl (C=O) groups excluding carboxylic acids is 1. The molecule has 0 bridgehead atoms. The summed E-state index contributed by atoms with van der Waals surface area (Å²) in [6.45, 7) is 0.472. The SMILES string of the molecule is CS(=O)(=O)Nc1ccc(NC(=O)NCCc2cccc(Cl)c2)cc1. The van der Waals surface area contributed by atoms with Crippen LogP contribution in [-0.2, 0) is 16.4 Å². The normalized spacial score (nSPS) is 10.9. The Bertz CT molecular complexity index is 808. The lowest BCUT2D eigenvalue weighted by Crippen LogP contribution is -2.30. The quantitative estimate of drug-likeness (QED) is 0.733. The molecule has 0 aromatic heterocycles. The Balaban J connectivity index is 1.79. The van der Waals surface area contributed by atoms with Crippen LogP contribution in [0.5, 0.6) is 0 Å². The van der Waals surface area contributed by atoms with Crippen molar-refractivity contribution in [2.45, 2.75) is 6.42 Å². The summed E-state index contributed by atoms with van der Waals surface area (Å²) in [5.74, 6) is 0. The van der Waals surface area contributed by atoms with E-state index in [2.05, 4.69) is 15.4 Å². The van der Waals surface area contributed by atoms with Gasteiger partial charge in [-0.1, -0.05) is 23.7 Å². The number of halogens is 1. The van der Waals surface area contributed by atoms with Crippen LogP contribution in [0.4, 0.5) is 16.2 Å². The van der Waals surface area contributed by atoms with Gasteiger partial charge >= 0.3 is 6.03 Å². The standard InChI is InChI=1S/C16H18ClN3O3S/c1-24(22,23)20-15-7-5-14(6-8-15)19-16(21)18-10-9-12-3-2-4-13(17)11-12/h2-8,11,20H,9-10H2,1H3,(H2,18,19,21). The third-order valence-corrected chi connectivity index (χ3v) is 3.88. The Labute approximate surface area is 146 Å². The molecule has 0 fully saturated rings. The van der Waals surface area contributed by atoms with E-state index in [1.807, 2.05) is 18.2 Å². The molecule has 2 aromatic carbocycles. The van der Waals surface area contributed by atoms with Crippen molar-refractivity contribution in [2.24, 2.45) is 0 Å². The second-order valence-electron chi connectivity index (χ2n) is 5.21. The van der Waals surface area contributed by atoms with E-state index in [-0.39, 0.29) is 6.03 Å². The van der Waals surface area contributed by atoms with Crippen LogP contribution in [0.25, 0.3) is 0 Å². The fraction of sp³-hybridized carbons (Fsp3) is 0.188. The van der Waals surface area contributed by atoms with Gasteiger partial charge in [-0.05, 0) is 48.4 Å². The maximum atomic E-state index is 11.8. The predicted molar refractivity (Wildman–Crippen MR) is 97.1 cm³/mol. The van der Waals surface area contributed by atoms with Gasteiger partial charge in [-0.2, -0.15) is 0 Å². The first-order valence-electron chi connectivity index (χ1n) is 7.19. The van der Waals surface area contributed by atoms with Gasteiger partial charge in [0, 0.05) is 22.9 Å². The molecular formula is C16H18ClN3O3S. The molecule has 0 aliphatic heterocycles. The zero-order valence-corrected chi connectivity index (χ0v) is 14.6. The van der Waals surface area contributed by atoms with E-state index < -0.39 is 10.0 Å². The highest BCUT2D eigenvalue weighted by Gasteiger charge is 2.04. The maximum Gasteiger partial charge on any atom is 0.319 e.